The molecule has 1 aromatic carbocycles. The molecule has 27 heavy (non-hydrogen) atoms. The topological polar surface area (TPSA) is 41.6 Å². The minimum Gasteiger partial charge on any atom is -0.370 e. The molecular formula is C23H32N2O2. The Hall–Kier alpha value is -1.39. The van der Waals surface area contributed by atoms with Gasteiger partial charge in [-0.2, -0.15) is 0 Å². The number of nitrogens with zero attached hydrogens (tertiary/aromatic N) is 1. The molecule has 0 aromatic heterocycles. The second-order valence-electron chi connectivity index (χ2n) is 9.12. The molecule has 4 heteroatoms. The molecular weight excluding hydrogens is 336 g/mol. The molecule has 1 spiro atoms. The number of carbonyl (C=O) groups excluding carboxylic acids is 1. The van der Waals surface area contributed by atoms with E-state index in [9.17, 15) is 4.79 Å². The quantitative estimate of drug-likeness (QED) is 0.866. The molecule has 5 rings (SSSR count). The van der Waals surface area contributed by atoms with E-state index in [1.807, 2.05) is 18.2 Å². The van der Waals surface area contributed by atoms with Gasteiger partial charge in [-0.15, -0.1) is 0 Å². The zero-order chi connectivity index (χ0) is 18.4. The highest BCUT2D eigenvalue weighted by molar-refractivity contribution is 5.95. The van der Waals surface area contributed by atoms with Crippen LogP contribution in [0, 0.1) is 11.8 Å². The summed E-state index contributed by atoms with van der Waals surface area (Å²) in [6.07, 6.45) is 9.12. The van der Waals surface area contributed by atoms with Crippen molar-refractivity contribution in [3.63, 3.8) is 0 Å². The highest BCUT2D eigenvalue weighted by Crippen LogP contribution is 2.55. The molecule has 3 aliphatic heterocycles. The van der Waals surface area contributed by atoms with Crippen LogP contribution >= 0.6 is 0 Å². The first kappa shape index (κ1) is 17.7. The normalized spacial score (nSPS) is 35.7. The van der Waals surface area contributed by atoms with Crippen LogP contribution < -0.4 is 5.32 Å². The Labute approximate surface area is 162 Å². The van der Waals surface area contributed by atoms with Gasteiger partial charge in [-0.25, -0.2) is 0 Å². The Morgan fingerprint density at radius 3 is 2.89 bits per heavy atom. The van der Waals surface area contributed by atoms with Crippen molar-refractivity contribution in [3.8, 4) is 0 Å². The fourth-order valence-corrected chi connectivity index (χ4v) is 6.40. The third-order valence-corrected chi connectivity index (χ3v) is 7.79. The van der Waals surface area contributed by atoms with E-state index in [0.717, 1.165) is 36.7 Å². The summed E-state index contributed by atoms with van der Waals surface area (Å²) in [5.74, 6) is 1.15. The Bertz CT molecular complexity index is 714. The Kier molecular flexibility index (Phi) is 4.52. The molecule has 2 bridgehead atoms. The average Bonchev–Trinajstić information content (AvgIpc) is 3.46. The molecule has 1 aliphatic carbocycles. The van der Waals surface area contributed by atoms with Gasteiger partial charge in [0.1, 0.15) is 0 Å². The third kappa shape index (κ3) is 2.92. The van der Waals surface area contributed by atoms with Gasteiger partial charge in [-0.1, -0.05) is 38.0 Å². The van der Waals surface area contributed by atoms with Crippen molar-refractivity contribution in [3.05, 3.63) is 35.4 Å². The van der Waals surface area contributed by atoms with Gasteiger partial charge >= 0.3 is 0 Å². The van der Waals surface area contributed by atoms with Gasteiger partial charge in [0.15, 0.2) is 0 Å². The number of ether oxygens (including phenoxy) is 1. The number of nitrogens with one attached hydrogen (secondary N) is 1. The van der Waals surface area contributed by atoms with Crippen LogP contribution in [0.5, 0.6) is 0 Å². The highest BCUT2D eigenvalue weighted by Gasteiger charge is 2.63. The summed E-state index contributed by atoms with van der Waals surface area (Å²) in [7, 11) is 0. The number of hydrogen-bond donors (Lipinski definition) is 1. The molecule has 4 fully saturated rings. The van der Waals surface area contributed by atoms with Crippen molar-refractivity contribution in [2.24, 2.45) is 11.8 Å². The second kappa shape index (κ2) is 6.89. The fraction of sp³-hybridized carbons (Fsp3) is 0.696. The van der Waals surface area contributed by atoms with Crippen LogP contribution in [0.1, 0.15) is 61.4 Å². The van der Waals surface area contributed by atoms with Crippen molar-refractivity contribution in [1.82, 2.24) is 10.2 Å². The second-order valence-corrected chi connectivity index (χ2v) is 9.12. The van der Waals surface area contributed by atoms with Crippen LogP contribution in [0.4, 0.5) is 0 Å². The van der Waals surface area contributed by atoms with E-state index in [4.69, 9.17) is 4.74 Å². The molecule has 3 saturated heterocycles. The van der Waals surface area contributed by atoms with Crippen molar-refractivity contribution in [2.75, 3.05) is 19.6 Å². The van der Waals surface area contributed by atoms with Gasteiger partial charge in [-0.05, 0) is 43.7 Å². The molecule has 1 amide bonds. The number of amides is 1. The van der Waals surface area contributed by atoms with E-state index >= 15 is 0 Å². The Balaban J connectivity index is 1.26. The van der Waals surface area contributed by atoms with Gasteiger partial charge < -0.3 is 10.1 Å². The van der Waals surface area contributed by atoms with E-state index in [2.05, 4.69) is 23.2 Å². The molecule has 0 unspecified atom stereocenters. The van der Waals surface area contributed by atoms with E-state index < -0.39 is 0 Å². The summed E-state index contributed by atoms with van der Waals surface area (Å²) in [5, 5.41) is 3.26. The van der Waals surface area contributed by atoms with E-state index in [1.54, 1.807) is 0 Å². The highest BCUT2D eigenvalue weighted by atomic mass is 16.5. The lowest BCUT2D eigenvalue weighted by atomic mass is 9.73. The first-order chi connectivity index (χ1) is 13.2. The van der Waals surface area contributed by atoms with Gasteiger partial charge in [0.2, 0.25) is 0 Å². The fourth-order valence-electron chi connectivity index (χ4n) is 6.40. The first-order valence-electron chi connectivity index (χ1n) is 11.0. The maximum atomic E-state index is 12.8. The van der Waals surface area contributed by atoms with Gasteiger partial charge in [0.05, 0.1) is 11.7 Å². The lowest BCUT2D eigenvalue weighted by molar-refractivity contribution is -0.000874. The molecule has 1 N–H and O–H groups in total. The minimum absolute atomic E-state index is 0.0786. The minimum atomic E-state index is 0.0786. The van der Waals surface area contributed by atoms with Gasteiger partial charge in [0.25, 0.3) is 5.91 Å². The number of carbonyl (C=O) groups is 1. The third-order valence-electron chi connectivity index (χ3n) is 7.79. The number of likely N-dealkylation sites (tertiary alicyclic amines) is 1. The Morgan fingerprint density at radius 2 is 2.07 bits per heavy atom. The zero-order valence-corrected chi connectivity index (χ0v) is 16.5. The summed E-state index contributed by atoms with van der Waals surface area (Å²) in [4.78, 5) is 15.5. The van der Waals surface area contributed by atoms with Crippen LogP contribution in [0.2, 0.25) is 0 Å². The molecule has 3 heterocycles. The summed E-state index contributed by atoms with van der Waals surface area (Å²) >= 11 is 0. The summed E-state index contributed by atoms with van der Waals surface area (Å²) < 4.78 is 6.58. The van der Waals surface area contributed by atoms with Crippen LogP contribution in [0.3, 0.4) is 0 Å². The standard InChI is InChI=1S/C23H32N2O2/c1-2-16-7-3-6-10-18(16)22(26)24-13-19-20-14-25(17-8-4-5-9-17)15-23(20)12-11-21(19)27-23/h3,6-7,10,17,19-21H,2,4-5,8-9,11-15H2,1H3,(H,24,26)/t19-,20+,21+,23+/m0/s1. The Morgan fingerprint density at radius 1 is 1.26 bits per heavy atom. The smallest absolute Gasteiger partial charge is 0.251 e. The number of aryl methyl sites for hydroxylation is 1. The predicted molar refractivity (Wildman–Crippen MR) is 106 cm³/mol. The van der Waals surface area contributed by atoms with Crippen LogP contribution in [-0.4, -0.2) is 48.2 Å². The lowest BCUT2D eigenvalue weighted by Crippen LogP contribution is -2.42. The first-order valence-corrected chi connectivity index (χ1v) is 11.0. The number of benzene rings is 1. The monoisotopic (exact) mass is 368 g/mol. The maximum Gasteiger partial charge on any atom is 0.251 e. The van der Waals surface area contributed by atoms with Gasteiger partial charge in [0, 0.05) is 43.1 Å². The largest absolute Gasteiger partial charge is 0.370 e. The molecule has 1 aromatic rings. The SMILES string of the molecule is CCc1ccccc1C(=O)NC[C@H]1[C@H]2CN(C3CCCC3)C[C@]23CC[C@H]1O3. The molecule has 146 valence electrons. The van der Waals surface area contributed by atoms with Crippen molar-refractivity contribution < 1.29 is 9.53 Å². The van der Waals surface area contributed by atoms with Crippen LogP contribution in [0.15, 0.2) is 24.3 Å². The maximum absolute atomic E-state index is 12.8. The van der Waals surface area contributed by atoms with Crippen LogP contribution in [0.25, 0.3) is 0 Å². The molecule has 1 saturated carbocycles. The van der Waals surface area contributed by atoms with E-state index in [0.29, 0.717) is 17.9 Å². The van der Waals surface area contributed by atoms with Gasteiger partial charge in [-0.3, -0.25) is 9.69 Å². The summed E-state index contributed by atoms with van der Waals surface area (Å²) in [6, 6.07) is 8.75. The molecule has 4 aliphatic rings. The predicted octanol–water partition coefficient (Wildman–Crippen LogP) is 3.40. The number of fused-ring (bicyclic) bond motifs is 1. The van der Waals surface area contributed by atoms with Crippen molar-refractivity contribution in [1.29, 1.82) is 0 Å². The van der Waals surface area contributed by atoms with Crippen molar-refractivity contribution >= 4 is 5.91 Å². The average molecular weight is 369 g/mol. The van der Waals surface area contributed by atoms with Crippen LogP contribution in [-0.2, 0) is 11.2 Å². The van der Waals surface area contributed by atoms with E-state index in [1.165, 1.54) is 45.1 Å². The van der Waals surface area contributed by atoms with E-state index in [-0.39, 0.29) is 11.5 Å². The summed E-state index contributed by atoms with van der Waals surface area (Å²) in [6.45, 7) is 5.16. The van der Waals surface area contributed by atoms with Crippen molar-refractivity contribution in [2.45, 2.75) is 69.6 Å². The molecule has 4 atom stereocenters. The summed E-state index contributed by atoms with van der Waals surface area (Å²) in [5.41, 5.74) is 2.05. The lowest BCUT2D eigenvalue weighted by Gasteiger charge is -2.29. The number of rotatable bonds is 5. The molecule has 4 nitrogen and oxygen atoms in total. The number of hydrogen-bond acceptors (Lipinski definition) is 3. The molecule has 0 radical (unpaired) electrons. The zero-order valence-electron chi connectivity index (χ0n) is 16.5.